The Hall–Kier alpha value is -1.52. The minimum absolute atomic E-state index is 0.718. The maximum atomic E-state index is 5.48. The van der Waals surface area contributed by atoms with Crippen LogP contribution in [0.1, 0.15) is 46.0 Å². The minimum atomic E-state index is 0.718. The normalized spacial score (nSPS) is 21.9. The van der Waals surface area contributed by atoms with E-state index in [9.17, 15) is 0 Å². The summed E-state index contributed by atoms with van der Waals surface area (Å²) in [5.74, 6) is 3.92. The molecule has 0 radical (unpaired) electrons. The monoisotopic (exact) mass is 292 g/mol. The number of hydrogen-bond acceptors (Lipinski definition) is 5. The lowest BCUT2D eigenvalue weighted by molar-refractivity contribution is 0.300. The summed E-state index contributed by atoms with van der Waals surface area (Å²) in [7, 11) is 1.67. The van der Waals surface area contributed by atoms with Crippen LogP contribution in [-0.2, 0) is 0 Å². The molecule has 0 aromatic carbocycles. The summed E-state index contributed by atoms with van der Waals surface area (Å²) >= 11 is 0. The van der Waals surface area contributed by atoms with Gasteiger partial charge in [0.25, 0.3) is 0 Å². The number of rotatable bonds is 7. The van der Waals surface area contributed by atoms with Gasteiger partial charge in [-0.3, -0.25) is 0 Å². The number of hydrogen-bond donors (Lipinski definition) is 2. The van der Waals surface area contributed by atoms with Gasteiger partial charge in [0, 0.05) is 13.1 Å². The fourth-order valence-electron chi connectivity index (χ4n) is 2.84. The number of nitrogens with zero attached hydrogens (tertiary/aromatic N) is 2. The Morgan fingerprint density at radius 1 is 1.14 bits per heavy atom. The lowest BCUT2D eigenvalue weighted by Gasteiger charge is -2.26. The minimum Gasteiger partial charge on any atom is -0.490 e. The van der Waals surface area contributed by atoms with Gasteiger partial charge in [0.1, 0.15) is 6.33 Å². The van der Waals surface area contributed by atoms with Crippen molar-refractivity contribution < 1.29 is 4.74 Å². The van der Waals surface area contributed by atoms with Crippen LogP contribution in [0.2, 0.25) is 0 Å². The average Bonchev–Trinajstić information content (AvgIpc) is 2.52. The number of nitrogens with one attached hydrogen (secondary N) is 2. The molecule has 0 bridgehead atoms. The molecule has 2 rings (SSSR count). The van der Waals surface area contributed by atoms with Crippen molar-refractivity contribution >= 4 is 11.6 Å². The first kappa shape index (κ1) is 15.9. The molecule has 118 valence electrons. The van der Waals surface area contributed by atoms with E-state index in [-0.39, 0.29) is 0 Å². The molecule has 0 saturated heterocycles. The summed E-state index contributed by atoms with van der Waals surface area (Å²) in [6.07, 6.45) is 7.94. The summed E-state index contributed by atoms with van der Waals surface area (Å²) in [5, 5.41) is 6.73. The summed E-state index contributed by atoms with van der Waals surface area (Å²) < 4.78 is 5.48. The van der Waals surface area contributed by atoms with Crippen LogP contribution in [0.4, 0.5) is 11.6 Å². The van der Waals surface area contributed by atoms with Crippen LogP contribution in [-0.4, -0.2) is 30.2 Å². The second-order valence-corrected chi connectivity index (χ2v) is 6.04. The van der Waals surface area contributed by atoms with Crippen LogP contribution in [0.25, 0.3) is 0 Å². The first-order valence-corrected chi connectivity index (χ1v) is 8.11. The number of methoxy groups -OCH3 is 1. The van der Waals surface area contributed by atoms with Crippen molar-refractivity contribution in [2.24, 2.45) is 11.8 Å². The molecular weight excluding hydrogens is 264 g/mol. The third-order valence-corrected chi connectivity index (χ3v) is 4.24. The van der Waals surface area contributed by atoms with E-state index in [2.05, 4.69) is 34.4 Å². The van der Waals surface area contributed by atoms with Gasteiger partial charge in [0.2, 0.25) is 5.75 Å². The highest BCUT2D eigenvalue weighted by Crippen LogP contribution is 2.31. The molecule has 1 aromatic heterocycles. The van der Waals surface area contributed by atoms with Crippen molar-refractivity contribution in [2.75, 3.05) is 30.8 Å². The quantitative estimate of drug-likeness (QED) is 0.805. The Morgan fingerprint density at radius 3 is 2.43 bits per heavy atom. The summed E-state index contributed by atoms with van der Waals surface area (Å²) in [4.78, 5) is 8.60. The van der Waals surface area contributed by atoms with E-state index in [4.69, 9.17) is 4.74 Å². The summed E-state index contributed by atoms with van der Waals surface area (Å²) in [6, 6.07) is 0. The van der Waals surface area contributed by atoms with E-state index in [1.807, 2.05) is 0 Å². The van der Waals surface area contributed by atoms with Gasteiger partial charge < -0.3 is 15.4 Å². The van der Waals surface area contributed by atoms with E-state index in [0.717, 1.165) is 48.7 Å². The van der Waals surface area contributed by atoms with Crippen molar-refractivity contribution in [1.82, 2.24) is 9.97 Å². The van der Waals surface area contributed by atoms with E-state index in [0.29, 0.717) is 0 Å². The molecule has 1 aliphatic carbocycles. The summed E-state index contributed by atoms with van der Waals surface area (Å²) in [6.45, 7) is 6.33. The third-order valence-electron chi connectivity index (χ3n) is 4.24. The Kier molecular flexibility index (Phi) is 6.08. The van der Waals surface area contributed by atoms with Gasteiger partial charge in [0.05, 0.1) is 7.11 Å². The maximum Gasteiger partial charge on any atom is 0.204 e. The van der Waals surface area contributed by atoms with Gasteiger partial charge in [-0.2, -0.15) is 0 Å². The van der Waals surface area contributed by atoms with Crippen molar-refractivity contribution in [3.8, 4) is 5.75 Å². The topological polar surface area (TPSA) is 59.1 Å². The fraction of sp³-hybridized carbons (Fsp3) is 0.750. The van der Waals surface area contributed by atoms with E-state index >= 15 is 0 Å². The molecule has 0 unspecified atom stereocenters. The average molecular weight is 292 g/mol. The Morgan fingerprint density at radius 2 is 1.81 bits per heavy atom. The molecular formula is C16H28N4O. The Labute approximate surface area is 127 Å². The maximum absolute atomic E-state index is 5.48. The number of anilines is 2. The second-order valence-electron chi connectivity index (χ2n) is 6.04. The molecule has 0 spiro atoms. The molecule has 0 amide bonds. The zero-order chi connectivity index (χ0) is 15.1. The molecule has 0 atom stereocenters. The van der Waals surface area contributed by atoms with Crippen LogP contribution in [0.5, 0.6) is 5.75 Å². The molecule has 0 aliphatic heterocycles. The molecule has 21 heavy (non-hydrogen) atoms. The molecule has 1 saturated carbocycles. The van der Waals surface area contributed by atoms with Crippen molar-refractivity contribution in [3.05, 3.63) is 6.33 Å². The molecule has 2 N–H and O–H groups in total. The van der Waals surface area contributed by atoms with Gasteiger partial charge in [-0.05, 0) is 31.1 Å². The van der Waals surface area contributed by atoms with Crippen LogP contribution in [0.3, 0.4) is 0 Å². The van der Waals surface area contributed by atoms with Gasteiger partial charge in [-0.25, -0.2) is 9.97 Å². The highest BCUT2D eigenvalue weighted by molar-refractivity contribution is 5.63. The van der Waals surface area contributed by atoms with Gasteiger partial charge in [-0.1, -0.05) is 26.7 Å². The van der Waals surface area contributed by atoms with Crippen LogP contribution in [0.15, 0.2) is 6.33 Å². The molecule has 5 heteroatoms. The lowest BCUT2D eigenvalue weighted by Crippen LogP contribution is -2.21. The first-order chi connectivity index (χ1) is 10.2. The standard InChI is InChI=1S/C16H28N4O/c1-4-9-17-15-14(21-3)16(20-11-19-15)18-10-13-7-5-12(2)6-8-13/h11-13H,4-10H2,1-3H3,(H2,17,18,19,20). The van der Waals surface area contributed by atoms with Crippen molar-refractivity contribution in [2.45, 2.75) is 46.0 Å². The van der Waals surface area contributed by atoms with Gasteiger partial charge >= 0.3 is 0 Å². The van der Waals surface area contributed by atoms with Gasteiger partial charge in [-0.15, -0.1) is 0 Å². The predicted molar refractivity (Wildman–Crippen MR) is 87.0 cm³/mol. The second kappa shape index (κ2) is 8.05. The van der Waals surface area contributed by atoms with Crippen molar-refractivity contribution in [1.29, 1.82) is 0 Å². The third kappa shape index (κ3) is 4.48. The Bertz CT molecular complexity index is 430. The highest BCUT2D eigenvalue weighted by Gasteiger charge is 2.19. The lowest BCUT2D eigenvalue weighted by atomic mass is 9.83. The number of aromatic nitrogens is 2. The van der Waals surface area contributed by atoms with Crippen LogP contribution in [0, 0.1) is 11.8 Å². The van der Waals surface area contributed by atoms with Crippen LogP contribution >= 0.6 is 0 Å². The van der Waals surface area contributed by atoms with E-state index in [1.54, 1.807) is 13.4 Å². The zero-order valence-electron chi connectivity index (χ0n) is 13.5. The summed E-state index contributed by atoms with van der Waals surface area (Å²) in [5.41, 5.74) is 0. The molecule has 1 aliphatic rings. The molecule has 1 fully saturated rings. The fourth-order valence-corrected chi connectivity index (χ4v) is 2.84. The first-order valence-electron chi connectivity index (χ1n) is 8.11. The zero-order valence-corrected chi connectivity index (χ0v) is 13.5. The SMILES string of the molecule is CCCNc1ncnc(NCC2CCC(C)CC2)c1OC. The largest absolute Gasteiger partial charge is 0.490 e. The Balaban J connectivity index is 1.95. The molecule has 1 aromatic rings. The molecule has 1 heterocycles. The molecule has 5 nitrogen and oxygen atoms in total. The number of ether oxygens (including phenoxy) is 1. The van der Waals surface area contributed by atoms with Gasteiger partial charge in [0.15, 0.2) is 11.6 Å². The van der Waals surface area contributed by atoms with E-state index < -0.39 is 0 Å². The van der Waals surface area contributed by atoms with Crippen molar-refractivity contribution in [3.63, 3.8) is 0 Å². The van der Waals surface area contributed by atoms with E-state index in [1.165, 1.54) is 25.7 Å². The smallest absolute Gasteiger partial charge is 0.204 e. The highest BCUT2D eigenvalue weighted by atomic mass is 16.5. The predicted octanol–water partition coefficient (Wildman–Crippen LogP) is 3.55. The van der Waals surface area contributed by atoms with Crippen LogP contribution < -0.4 is 15.4 Å².